The molecule has 1 heterocycles. The zero-order valence-electron chi connectivity index (χ0n) is 10.8. The molecule has 1 aromatic rings. The second-order valence-electron chi connectivity index (χ2n) is 5.15. The van der Waals surface area contributed by atoms with Crippen molar-refractivity contribution in [3.8, 4) is 0 Å². The van der Waals surface area contributed by atoms with E-state index in [1.807, 2.05) is 30.3 Å². The van der Waals surface area contributed by atoms with Gasteiger partial charge in [0.25, 0.3) is 6.09 Å². The van der Waals surface area contributed by atoms with Gasteiger partial charge >= 0.3 is 0 Å². The lowest BCUT2D eigenvalue weighted by molar-refractivity contribution is -0.886. The Kier molecular flexibility index (Phi) is 3.99. The summed E-state index contributed by atoms with van der Waals surface area (Å²) in [6.45, 7) is 4.55. The van der Waals surface area contributed by atoms with Crippen molar-refractivity contribution in [1.82, 2.24) is 5.32 Å². The highest BCUT2D eigenvalue weighted by Gasteiger charge is 2.32. The van der Waals surface area contributed by atoms with Gasteiger partial charge in [-0.2, -0.15) is 0 Å². The van der Waals surface area contributed by atoms with E-state index >= 15 is 0 Å². The minimum Gasteiger partial charge on any atom is -0.498 e. The molecule has 0 aliphatic carbocycles. The van der Waals surface area contributed by atoms with Gasteiger partial charge in [-0.3, -0.25) is 4.48 Å². The van der Waals surface area contributed by atoms with E-state index in [1.54, 1.807) is 0 Å². The maximum absolute atomic E-state index is 11.6. The molecule has 1 N–H and O–H groups in total. The van der Waals surface area contributed by atoms with Gasteiger partial charge in [0.1, 0.15) is 6.54 Å². The number of carboxylic acid groups (broad SMARTS) is 1. The molecule has 1 unspecified atom stereocenters. The Morgan fingerprint density at radius 2 is 2.11 bits per heavy atom. The summed E-state index contributed by atoms with van der Waals surface area (Å²) < 4.78 is 0.0291. The fourth-order valence-corrected chi connectivity index (χ4v) is 2.52. The maximum atomic E-state index is 11.6. The van der Waals surface area contributed by atoms with Crippen molar-refractivity contribution in [2.75, 3.05) is 19.6 Å². The lowest BCUT2D eigenvalue weighted by Gasteiger charge is -2.36. The van der Waals surface area contributed by atoms with Gasteiger partial charge in [0.2, 0.25) is 0 Å². The van der Waals surface area contributed by atoms with Gasteiger partial charge in [-0.15, -0.1) is 0 Å². The lowest BCUT2D eigenvalue weighted by atomic mass is 10.1. The van der Waals surface area contributed by atoms with Crippen LogP contribution in [0.1, 0.15) is 18.9 Å². The molecule has 4 heteroatoms. The number of nitrogens with zero attached hydrogens (tertiary/aromatic N) is 1. The summed E-state index contributed by atoms with van der Waals surface area (Å²) in [6, 6.07) is 10.2. The Bertz CT molecular complexity index is 408. The van der Waals surface area contributed by atoms with E-state index in [1.165, 1.54) is 0 Å². The molecule has 1 saturated heterocycles. The first-order valence-electron chi connectivity index (χ1n) is 6.47. The van der Waals surface area contributed by atoms with E-state index in [4.69, 9.17) is 0 Å². The number of benzene rings is 1. The van der Waals surface area contributed by atoms with E-state index in [2.05, 4.69) is 12.2 Å². The molecule has 1 aliphatic rings. The van der Waals surface area contributed by atoms with E-state index in [9.17, 15) is 9.90 Å². The Morgan fingerprint density at radius 1 is 1.39 bits per heavy atom. The van der Waals surface area contributed by atoms with Gasteiger partial charge in [0, 0.05) is 24.6 Å². The Labute approximate surface area is 108 Å². The number of carbonyl (C=O) groups is 1. The van der Waals surface area contributed by atoms with Crippen LogP contribution in [0.25, 0.3) is 0 Å². The van der Waals surface area contributed by atoms with Crippen LogP contribution >= 0.6 is 0 Å². The number of hydrogen-bond donors (Lipinski definition) is 1. The molecule has 98 valence electrons. The number of amides is 1. The predicted molar refractivity (Wildman–Crippen MR) is 67.6 cm³/mol. The summed E-state index contributed by atoms with van der Waals surface area (Å²) in [5, 5.41) is 14.9. The third kappa shape index (κ3) is 2.89. The number of nitrogens with one attached hydrogen (secondary N) is 1. The van der Waals surface area contributed by atoms with Crippen molar-refractivity contribution in [3.63, 3.8) is 0 Å². The molecule has 4 nitrogen and oxygen atoms in total. The van der Waals surface area contributed by atoms with E-state index < -0.39 is 6.09 Å². The fourth-order valence-electron chi connectivity index (χ4n) is 2.52. The van der Waals surface area contributed by atoms with Crippen LogP contribution in [0, 0.1) is 0 Å². The number of rotatable bonds is 2. The molecule has 1 aliphatic heterocycles. The third-order valence-corrected chi connectivity index (χ3v) is 3.74. The van der Waals surface area contributed by atoms with E-state index in [0.29, 0.717) is 25.7 Å². The van der Waals surface area contributed by atoms with Gasteiger partial charge < -0.3 is 15.2 Å². The normalized spacial score (nSPS) is 28.6. The van der Waals surface area contributed by atoms with Crippen LogP contribution in [-0.2, 0) is 6.54 Å². The molecular weight excluding hydrogens is 228 g/mol. The Hall–Kier alpha value is -1.39. The largest absolute Gasteiger partial charge is 0.498 e. The quantitative estimate of drug-likeness (QED) is 0.785. The molecule has 1 fully saturated rings. The van der Waals surface area contributed by atoms with Crippen molar-refractivity contribution in [2.45, 2.75) is 25.9 Å². The van der Waals surface area contributed by atoms with Crippen molar-refractivity contribution in [1.29, 1.82) is 0 Å². The Morgan fingerprint density at radius 3 is 2.78 bits per heavy atom. The summed E-state index contributed by atoms with van der Waals surface area (Å²) in [6.07, 6.45) is -0.101. The van der Waals surface area contributed by atoms with Crippen molar-refractivity contribution in [3.05, 3.63) is 35.9 Å². The van der Waals surface area contributed by atoms with Crippen molar-refractivity contribution < 1.29 is 14.4 Å². The second kappa shape index (κ2) is 5.50. The van der Waals surface area contributed by atoms with E-state index in [0.717, 1.165) is 18.5 Å². The van der Waals surface area contributed by atoms with Crippen LogP contribution in [-0.4, -0.2) is 36.3 Å². The van der Waals surface area contributed by atoms with Crippen LogP contribution in [0.4, 0.5) is 4.79 Å². The fraction of sp³-hybridized carbons (Fsp3) is 0.500. The highest BCUT2D eigenvalue weighted by atomic mass is 16.4. The minimum atomic E-state index is -0.963. The standard InChI is InChI=1S/C14H20N2O2/c1-12-7-9-16(14(17)18,10-8-15-12)11-13-5-3-2-4-6-13/h2-6,12,15H,7-11H2,1H3/t12-,16?/m1/s1. The van der Waals surface area contributed by atoms with Crippen LogP contribution < -0.4 is 10.4 Å². The second-order valence-corrected chi connectivity index (χ2v) is 5.15. The zero-order valence-corrected chi connectivity index (χ0v) is 10.8. The van der Waals surface area contributed by atoms with Gasteiger partial charge in [-0.05, 0) is 6.92 Å². The van der Waals surface area contributed by atoms with Crippen LogP contribution in [0.3, 0.4) is 0 Å². The summed E-state index contributed by atoms with van der Waals surface area (Å²) in [4.78, 5) is 11.6. The molecular formula is C14H20N2O2. The smallest absolute Gasteiger partial charge is 0.257 e. The first-order valence-corrected chi connectivity index (χ1v) is 6.47. The molecule has 2 rings (SSSR count). The van der Waals surface area contributed by atoms with Crippen molar-refractivity contribution >= 4 is 6.09 Å². The topological polar surface area (TPSA) is 52.2 Å². The summed E-state index contributed by atoms with van der Waals surface area (Å²) in [5.74, 6) is 0. The van der Waals surface area contributed by atoms with Crippen LogP contribution in [0.5, 0.6) is 0 Å². The first kappa shape index (κ1) is 13.1. The molecule has 0 aromatic heterocycles. The zero-order chi connectivity index (χ0) is 13.0. The summed E-state index contributed by atoms with van der Waals surface area (Å²) in [7, 11) is 0. The minimum absolute atomic E-state index is 0.0291. The summed E-state index contributed by atoms with van der Waals surface area (Å²) in [5.41, 5.74) is 1.05. The Balaban J connectivity index is 2.19. The number of carbonyl (C=O) groups excluding carboxylic acids is 1. The monoisotopic (exact) mass is 248 g/mol. The molecule has 1 aromatic carbocycles. The first-order chi connectivity index (χ1) is 8.62. The average Bonchev–Trinajstić information content (AvgIpc) is 2.54. The molecule has 0 bridgehead atoms. The van der Waals surface area contributed by atoms with Gasteiger partial charge in [0.05, 0.1) is 13.1 Å². The molecule has 1 amide bonds. The predicted octanol–water partition coefficient (Wildman–Crippen LogP) is 0.728. The highest BCUT2D eigenvalue weighted by Crippen LogP contribution is 2.18. The molecule has 2 atom stereocenters. The SMILES string of the molecule is C[C@@H]1CC[N+](Cc2ccccc2)(C(=O)[O-])CCN1. The number of hydrogen-bond acceptors (Lipinski definition) is 3. The summed E-state index contributed by atoms with van der Waals surface area (Å²) >= 11 is 0. The number of quaternary nitrogens is 1. The lowest BCUT2D eigenvalue weighted by Crippen LogP contribution is -2.59. The van der Waals surface area contributed by atoms with E-state index in [-0.39, 0.29) is 4.48 Å². The van der Waals surface area contributed by atoms with Gasteiger partial charge in [-0.1, -0.05) is 30.3 Å². The molecule has 0 radical (unpaired) electrons. The maximum Gasteiger partial charge on any atom is 0.257 e. The highest BCUT2D eigenvalue weighted by molar-refractivity contribution is 5.54. The molecule has 0 spiro atoms. The molecule has 18 heavy (non-hydrogen) atoms. The molecule has 0 saturated carbocycles. The third-order valence-electron chi connectivity index (χ3n) is 3.74. The van der Waals surface area contributed by atoms with Crippen molar-refractivity contribution in [2.24, 2.45) is 0 Å². The van der Waals surface area contributed by atoms with Gasteiger partial charge in [-0.25, -0.2) is 0 Å². The van der Waals surface area contributed by atoms with Crippen LogP contribution in [0.2, 0.25) is 0 Å². The van der Waals surface area contributed by atoms with Crippen LogP contribution in [0.15, 0.2) is 30.3 Å². The van der Waals surface area contributed by atoms with Gasteiger partial charge in [0.15, 0.2) is 0 Å². The average molecular weight is 248 g/mol.